The quantitative estimate of drug-likeness (QED) is 0.155. The van der Waals surface area contributed by atoms with Gasteiger partial charge in [0.15, 0.2) is 0 Å². The molecule has 0 aliphatic carbocycles. The number of benzene rings is 9. The van der Waals surface area contributed by atoms with Crippen LogP contribution >= 0.6 is 0 Å². The van der Waals surface area contributed by atoms with E-state index in [4.69, 9.17) is 17.7 Å². The zero-order valence-electron chi connectivity index (χ0n) is 43.8. The van der Waals surface area contributed by atoms with Crippen LogP contribution in [0, 0.1) is 0 Å². The monoisotopic (exact) mass is 996 g/mol. The van der Waals surface area contributed by atoms with E-state index in [2.05, 4.69) is 239 Å². The van der Waals surface area contributed by atoms with E-state index in [-0.39, 0.29) is 10.8 Å². The third-order valence-corrected chi connectivity index (χ3v) is 16.0. The zero-order chi connectivity index (χ0) is 51.9. The van der Waals surface area contributed by atoms with Crippen LogP contribution in [-0.2, 0) is 10.8 Å². The molecule has 7 heteroatoms. The van der Waals surface area contributed by atoms with E-state index in [1.807, 2.05) is 24.3 Å². The molecular weight excluding hydrogens is 944 g/mol. The maximum absolute atomic E-state index is 7.48. The Labute approximate surface area is 447 Å². The molecular formula is C70H53BN2O4. The average molecular weight is 997 g/mol. The molecule has 0 N–H and O–H groups in total. The molecule has 2 aliphatic rings. The van der Waals surface area contributed by atoms with Gasteiger partial charge in [-0.25, -0.2) is 0 Å². The summed E-state index contributed by atoms with van der Waals surface area (Å²) in [6.45, 7) is 13.2. The summed E-state index contributed by atoms with van der Waals surface area (Å²) in [6, 6.07) is 76.0. The Hall–Kier alpha value is -9.20. The van der Waals surface area contributed by atoms with Crippen molar-refractivity contribution < 1.29 is 17.7 Å². The lowest BCUT2D eigenvalue weighted by Crippen LogP contribution is -2.60. The van der Waals surface area contributed by atoms with Crippen molar-refractivity contribution in [2.45, 2.75) is 52.4 Å². The van der Waals surface area contributed by atoms with Gasteiger partial charge in [-0.2, -0.15) is 0 Å². The van der Waals surface area contributed by atoms with E-state index >= 15 is 0 Å². The molecule has 0 bridgehead atoms. The number of furan rings is 4. The molecule has 9 aromatic carbocycles. The molecule has 0 atom stereocenters. The Bertz CT molecular complexity index is 4150. The molecule has 13 aromatic rings. The van der Waals surface area contributed by atoms with Crippen molar-refractivity contribution in [3.63, 3.8) is 0 Å². The Balaban J connectivity index is 1.07. The summed E-state index contributed by atoms with van der Waals surface area (Å²) in [7, 11) is 0. The van der Waals surface area contributed by atoms with Crippen molar-refractivity contribution in [3.8, 4) is 44.9 Å². The van der Waals surface area contributed by atoms with Gasteiger partial charge < -0.3 is 27.5 Å². The molecule has 6 heterocycles. The van der Waals surface area contributed by atoms with Crippen LogP contribution in [0.25, 0.3) is 88.8 Å². The number of fused-ring (bicyclic) bond motifs is 10. The molecule has 370 valence electrons. The van der Waals surface area contributed by atoms with Crippen LogP contribution in [0.1, 0.15) is 52.7 Å². The first kappa shape index (κ1) is 45.2. The lowest BCUT2D eigenvalue weighted by Gasteiger charge is -2.41. The van der Waals surface area contributed by atoms with Gasteiger partial charge in [0.2, 0.25) is 0 Å². The summed E-state index contributed by atoms with van der Waals surface area (Å²) >= 11 is 0. The number of para-hydroxylation sites is 2. The van der Waals surface area contributed by atoms with Crippen molar-refractivity contribution in [2.24, 2.45) is 0 Å². The maximum atomic E-state index is 7.48. The van der Waals surface area contributed by atoms with Gasteiger partial charge in [-0.15, -0.1) is 0 Å². The molecule has 0 radical (unpaired) electrons. The van der Waals surface area contributed by atoms with Gasteiger partial charge in [0.1, 0.15) is 45.2 Å². The van der Waals surface area contributed by atoms with Gasteiger partial charge in [-0.1, -0.05) is 181 Å². The summed E-state index contributed by atoms with van der Waals surface area (Å²) in [5.74, 6) is 1.60. The summed E-state index contributed by atoms with van der Waals surface area (Å²) < 4.78 is 28.3. The molecule has 6 nitrogen and oxygen atoms in total. The second kappa shape index (κ2) is 16.7. The summed E-state index contributed by atoms with van der Waals surface area (Å²) in [5, 5.41) is 4.19. The van der Waals surface area contributed by atoms with E-state index < -0.39 is 6.71 Å². The SMILES string of the molecule is CC(C)(C)c1ccc2oc3c(c2c1)N(c1cc(-c2cc4ccccc4o2)ccc1-c1ccccc1)c1cccc2c1B3c1oc3ccc(C(C)(C)C)cc3c1N2c1cc(-c2cc3ccccc3o2)ccc1-c1ccccc1. The standard InChI is InChI=1S/C70H53BN2O4/c1-69(2,3)48-30-34-60-52(40-48)65-67(76-60)71-64-54(72(65)56-36-46(28-32-50(56)42-18-9-7-10-19-42)62-38-44-22-13-15-26-58(44)74-62)24-17-25-55(64)73(66-53-41-49(70(4,5)6)31-35-61(53)77-68(66)71)57-37-47(29-33-51(57)43-20-11-8-12-21-43)63-39-45-23-14-16-27-59(45)75-63/h7-41H,1-6H3. The molecule has 77 heavy (non-hydrogen) atoms. The Morgan fingerprint density at radius 2 is 0.766 bits per heavy atom. The lowest BCUT2D eigenvalue weighted by molar-refractivity contribution is 0.590. The minimum absolute atomic E-state index is 0.130. The number of hydrogen-bond donors (Lipinski definition) is 0. The third kappa shape index (κ3) is 7.10. The Morgan fingerprint density at radius 1 is 0.338 bits per heavy atom. The second-order valence-corrected chi connectivity index (χ2v) is 22.9. The number of anilines is 6. The molecule has 2 aliphatic heterocycles. The lowest BCUT2D eigenvalue weighted by atomic mass is 9.37. The Morgan fingerprint density at radius 3 is 1.19 bits per heavy atom. The first-order valence-electron chi connectivity index (χ1n) is 26.7. The van der Waals surface area contributed by atoms with Gasteiger partial charge in [0, 0.05) is 55.2 Å². The first-order valence-corrected chi connectivity index (χ1v) is 26.7. The van der Waals surface area contributed by atoms with Crippen LogP contribution in [0.2, 0.25) is 0 Å². The summed E-state index contributed by atoms with van der Waals surface area (Å²) in [6.07, 6.45) is 0. The summed E-state index contributed by atoms with van der Waals surface area (Å²) in [4.78, 5) is 4.95. The van der Waals surface area contributed by atoms with Crippen LogP contribution in [0.15, 0.2) is 230 Å². The molecule has 0 saturated carbocycles. The predicted octanol–water partition coefficient (Wildman–Crippen LogP) is 18.0. The minimum Gasteiger partial charge on any atom is -0.468 e. The van der Waals surface area contributed by atoms with Crippen LogP contribution in [0.4, 0.5) is 34.1 Å². The number of hydrogen-bond acceptors (Lipinski definition) is 6. The van der Waals surface area contributed by atoms with Crippen LogP contribution in [0.3, 0.4) is 0 Å². The van der Waals surface area contributed by atoms with Gasteiger partial charge in [0.05, 0.1) is 22.7 Å². The van der Waals surface area contributed by atoms with Crippen LogP contribution in [-0.4, -0.2) is 6.71 Å². The van der Waals surface area contributed by atoms with Crippen LogP contribution < -0.4 is 26.6 Å². The largest absolute Gasteiger partial charge is 0.468 e. The molecule has 0 amide bonds. The topological polar surface area (TPSA) is 59.0 Å². The molecule has 4 aromatic heterocycles. The zero-order valence-corrected chi connectivity index (χ0v) is 43.8. The van der Waals surface area contributed by atoms with E-state index in [9.17, 15) is 0 Å². The molecule has 0 unspecified atom stereocenters. The van der Waals surface area contributed by atoms with Gasteiger partial charge in [-0.05, 0) is 111 Å². The molecule has 0 saturated heterocycles. The van der Waals surface area contributed by atoms with E-state index in [0.29, 0.717) is 0 Å². The normalized spacial score (nSPS) is 13.2. The third-order valence-electron chi connectivity index (χ3n) is 16.0. The van der Waals surface area contributed by atoms with Gasteiger partial charge >= 0.3 is 6.71 Å². The fourth-order valence-corrected chi connectivity index (χ4v) is 12.1. The fraction of sp³-hybridized carbons (Fsp3) is 0.114. The predicted molar refractivity (Wildman–Crippen MR) is 319 cm³/mol. The van der Waals surface area contributed by atoms with Crippen LogP contribution in [0.5, 0.6) is 0 Å². The number of rotatable bonds is 6. The van der Waals surface area contributed by atoms with Gasteiger partial charge in [-0.3, -0.25) is 0 Å². The van der Waals surface area contributed by atoms with Crippen molar-refractivity contribution in [1.82, 2.24) is 0 Å². The second-order valence-electron chi connectivity index (χ2n) is 22.9. The highest BCUT2D eigenvalue weighted by atomic mass is 16.4. The van der Waals surface area contributed by atoms with Crippen molar-refractivity contribution in [2.75, 3.05) is 9.80 Å². The highest BCUT2D eigenvalue weighted by Crippen LogP contribution is 2.53. The van der Waals surface area contributed by atoms with E-state index in [0.717, 1.165) is 140 Å². The summed E-state index contributed by atoms with van der Waals surface area (Å²) in [5.41, 5.74) is 20.6. The first-order chi connectivity index (χ1) is 37.4. The fourth-order valence-electron chi connectivity index (χ4n) is 12.1. The molecule has 15 rings (SSSR count). The molecule has 0 spiro atoms. The highest BCUT2D eigenvalue weighted by Gasteiger charge is 2.50. The molecule has 0 fully saturated rings. The maximum Gasteiger partial charge on any atom is 0.342 e. The van der Waals surface area contributed by atoms with Gasteiger partial charge in [0.25, 0.3) is 0 Å². The average Bonchev–Trinajstić information content (AvgIpc) is 4.48. The Kier molecular flexibility index (Phi) is 9.78. The van der Waals surface area contributed by atoms with E-state index in [1.165, 1.54) is 11.1 Å². The van der Waals surface area contributed by atoms with Crippen molar-refractivity contribution in [3.05, 3.63) is 223 Å². The highest BCUT2D eigenvalue weighted by molar-refractivity contribution is 6.99. The number of nitrogens with zero attached hydrogens (tertiary/aromatic N) is 2. The van der Waals surface area contributed by atoms with Crippen molar-refractivity contribution in [1.29, 1.82) is 0 Å². The minimum atomic E-state index is -0.424. The smallest absolute Gasteiger partial charge is 0.342 e. The van der Waals surface area contributed by atoms with Crippen molar-refractivity contribution >= 4 is 101 Å². The van der Waals surface area contributed by atoms with E-state index in [1.54, 1.807) is 0 Å².